The third-order valence-corrected chi connectivity index (χ3v) is 1.54. The molecule has 0 amide bonds. The first-order valence-electron chi connectivity index (χ1n) is 3.40. The van der Waals surface area contributed by atoms with Crippen molar-refractivity contribution in [2.75, 3.05) is 6.54 Å². The summed E-state index contributed by atoms with van der Waals surface area (Å²) >= 11 is 0. The van der Waals surface area contributed by atoms with Crippen molar-refractivity contribution in [2.24, 2.45) is 4.99 Å². The zero-order chi connectivity index (χ0) is 7.52. The standard InChI is InChI=1S/C7H7N4/c1-2-8-4-10-6(1)7-3-9-5-11-7/h1-2,4,7H,3H2,(H,9,11). The number of nitrogens with one attached hydrogen (secondary N) is 1. The van der Waals surface area contributed by atoms with E-state index in [0.29, 0.717) is 0 Å². The fourth-order valence-electron chi connectivity index (χ4n) is 0.980. The molecule has 1 radical (unpaired) electrons. The minimum atomic E-state index is 0.123. The van der Waals surface area contributed by atoms with Crippen LogP contribution in [0.3, 0.4) is 0 Å². The summed E-state index contributed by atoms with van der Waals surface area (Å²) in [5, 5.41) is 2.89. The third kappa shape index (κ3) is 1.19. The summed E-state index contributed by atoms with van der Waals surface area (Å²) in [6.45, 7) is 0.789. The predicted molar refractivity (Wildman–Crippen MR) is 40.2 cm³/mol. The van der Waals surface area contributed by atoms with Crippen molar-refractivity contribution in [3.05, 3.63) is 24.3 Å². The topological polar surface area (TPSA) is 50.2 Å². The highest BCUT2D eigenvalue weighted by atomic mass is 15.1. The molecule has 2 rings (SSSR count). The van der Waals surface area contributed by atoms with Gasteiger partial charge in [0.2, 0.25) is 0 Å². The average Bonchev–Trinajstić information content (AvgIpc) is 2.58. The Labute approximate surface area is 64.4 Å². The zero-order valence-electron chi connectivity index (χ0n) is 5.86. The molecule has 0 aromatic carbocycles. The average molecular weight is 147 g/mol. The first-order chi connectivity index (χ1) is 5.47. The molecule has 0 aliphatic carbocycles. The quantitative estimate of drug-likeness (QED) is 0.609. The molecule has 1 atom stereocenters. The maximum Gasteiger partial charge on any atom is 0.164 e. The van der Waals surface area contributed by atoms with Crippen LogP contribution in [0.2, 0.25) is 0 Å². The van der Waals surface area contributed by atoms with E-state index >= 15 is 0 Å². The molecule has 1 aliphatic heterocycles. The summed E-state index contributed by atoms with van der Waals surface area (Å²) in [5.41, 5.74) is 0.942. The van der Waals surface area contributed by atoms with E-state index in [-0.39, 0.29) is 6.04 Å². The van der Waals surface area contributed by atoms with Crippen LogP contribution >= 0.6 is 0 Å². The number of hydrogen-bond donors (Lipinski definition) is 1. The van der Waals surface area contributed by atoms with Gasteiger partial charge in [-0.1, -0.05) is 0 Å². The molecule has 4 nitrogen and oxygen atoms in total. The van der Waals surface area contributed by atoms with Crippen LogP contribution in [0.1, 0.15) is 11.7 Å². The molecular weight excluding hydrogens is 140 g/mol. The number of nitrogens with zero attached hydrogens (tertiary/aromatic N) is 3. The molecule has 0 bridgehead atoms. The second-order valence-corrected chi connectivity index (χ2v) is 2.27. The van der Waals surface area contributed by atoms with Crippen molar-refractivity contribution in [2.45, 2.75) is 6.04 Å². The maximum absolute atomic E-state index is 4.08. The Morgan fingerprint density at radius 2 is 2.64 bits per heavy atom. The van der Waals surface area contributed by atoms with E-state index in [4.69, 9.17) is 0 Å². The fraction of sp³-hybridized carbons (Fsp3) is 0.286. The Morgan fingerprint density at radius 1 is 1.64 bits per heavy atom. The second kappa shape index (κ2) is 2.65. The molecule has 1 aromatic heterocycles. The van der Waals surface area contributed by atoms with Crippen LogP contribution in [0, 0.1) is 0 Å². The van der Waals surface area contributed by atoms with Crippen LogP contribution in [0.15, 0.2) is 23.6 Å². The number of aromatic nitrogens is 2. The normalized spacial score (nSPS) is 21.6. The molecule has 2 heterocycles. The van der Waals surface area contributed by atoms with Gasteiger partial charge >= 0.3 is 0 Å². The molecule has 55 valence electrons. The molecule has 11 heavy (non-hydrogen) atoms. The summed E-state index contributed by atoms with van der Waals surface area (Å²) < 4.78 is 0. The van der Waals surface area contributed by atoms with Crippen LogP contribution in [-0.2, 0) is 0 Å². The maximum atomic E-state index is 4.08. The molecular formula is C7H7N4. The van der Waals surface area contributed by atoms with E-state index in [1.165, 1.54) is 6.33 Å². The lowest BCUT2D eigenvalue weighted by Gasteiger charge is -2.02. The highest BCUT2D eigenvalue weighted by Gasteiger charge is 2.13. The summed E-state index contributed by atoms with van der Waals surface area (Å²) in [4.78, 5) is 12.0. The Kier molecular flexibility index (Phi) is 1.51. The Bertz CT molecular complexity index is 256. The van der Waals surface area contributed by atoms with E-state index in [9.17, 15) is 0 Å². The van der Waals surface area contributed by atoms with Gasteiger partial charge in [-0.2, -0.15) is 0 Å². The number of hydrogen-bond acceptors (Lipinski definition) is 4. The summed E-state index contributed by atoms with van der Waals surface area (Å²) in [5.74, 6) is 0. The van der Waals surface area contributed by atoms with E-state index in [1.54, 1.807) is 6.20 Å². The minimum Gasteiger partial charge on any atom is -0.365 e. The second-order valence-electron chi connectivity index (χ2n) is 2.27. The lowest BCUT2D eigenvalue weighted by Crippen LogP contribution is -2.10. The Hall–Kier alpha value is -1.45. The SMILES string of the molecule is [C]1=NC(c2ccncn2)CN1. The van der Waals surface area contributed by atoms with Crippen molar-refractivity contribution in [3.63, 3.8) is 0 Å². The van der Waals surface area contributed by atoms with Crippen molar-refractivity contribution >= 4 is 6.34 Å². The minimum absolute atomic E-state index is 0.123. The van der Waals surface area contributed by atoms with Gasteiger partial charge in [0.05, 0.1) is 5.69 Å². The zero-order valence-corrected chi connectivity index (χ0v) is 5.86. The van der Waals surface area contributed by atoms with E-state index in [2.05, 4.69) is 26.6 Å². The van der Waals surface area contributed by atoms with Gasteiger partial charge in [0.25, 0.3) is 0 Å². The predicted octanol–water partition coefficient (Wildman–Crippen LogP) is 0.0262. The van der Waals surface area contributed by atoms with Crippen molar-refractivity contribution in [1.82, 2.24) is 15.3 Å². The molecule has 0 fully saturated rings. The van der Waals surface area contributed by atoms with E-state index < -0.39 is 0 Å². The van der Waals surface area contributed by atoms with Gasteiger partial charge in [0, 0.05) is 12.7 Å². The molecule has 1 N–H and O–H groups in total. The van der Waals surface area contributed by atoms with Gasteiger partial charge < -0.3 is 5.32 Å². The largest absolute Gasteiger partial charge is 0.365 e. The molecule has 0 spiro atoms. The van der Waals surface area contributed by atoms with E-state index in [1.807, 2.05) is 6.07 Å². The lowest BCUT2D eigenvalue weighted by molar-refractivity contribution is 0.721. The van der Waals surface area contributed by atoms with Gasteiger partial charge in [0.15, 0.2) is 6.34 Å². The smallest absolute Gasteiger partial charge is 0.164 e. The monoisotopic (exact) mass is 147 g/mol. The van der Waals surface area contributed by atoms with Crippen LogP contribution in [-0.4, -0.2) is 22.9 Å². The number of aliphatic imine (C=N–C) groups is 1. The van der Waals surface area contributed by atoms with Gasteiger partial charge in [-0.05, 0) is 6.07 Å². The molecule has 4 heteroatoms. The first kappa shape index (κ1) is 6.27. The van der Waals surface area contributed by atoms with Crippen molar-refractivity contribution in [1.29, 1.82) is 0 Å². The Balaban J connectivity index is 2.23. The van der Waals surface area contributed by atoms with Crippen molar-refractivity contribution < 1.29 is 0 Å². The van der Waals surface area contributed by atoms with Crippen LogP contribution in [0.25, 0.3) is 0 Å². The van der Waals surface area contributed by atoms with Gasteiger partial charge in [0.1, 0.15) is 12.4 Å². The molecule has 0 saturated heterocycles. The summed E-state index contributed by atoms with van der Waals surface area (Å²) in [7, 11) is 0. The van der Waals surface area contributed by atoms with Crippen molar-refractivity contribution in [3.8, 4) is 0 Å². The lowest BCUT2D eigenvalue weighted by atomic mass is 10.2. The molecule has 1 aliphatic rings. The molecule has 1 unspecified atom stereocenters. The van der Waals surface area contributed by atoms with E-state index in [0.717, 1.165) is 12.2 Å². The molecule has 1 aromatic rings. The molecule has 0 saturated carbocycles. The number of rotatable bonds is 1. The van der Waals surface area contributed by atoms with Gasteiger partial charge in [-0.3, -0.25) is 4.99 Å². The summed E-state index contributed by atoms with van der Waals surface area (Å²) in [6, 6.07) is 1.99. The third-order valence-electron chi connectivity index (χ3n) is 1.54. The Morgan fingerprint density at radius 3 is 3.27 bits per heavy atom. The summed E-state index contributed by atoms with van der Waals surface area (Å²) in [6.07, 6.45) is 5.93. The van der Waals surface area contributed by atoms with Gasteiger partial charge in [-0.15, -0.1) is 0 Å². The van der Waals surface area contributed by atoms with Crippen LogP contribution < -0.4 is 5.32 Å². The fourth-order valence-corrected chi connectivity index (χ4v) is 0.980. The highest BCUT2D eigenvalue weighted by molar-refractivity contribution is 5.57. The van der Waals surface area contributed by atoms with Gasteiger partial charge in [-0.25, -0.2) is 9.97 Å². The van der Waals surface area contributed by atoms with Crippen LogP contribution in [0.5, 0.6) is 0 Å². The highest BCUT2D eigenvalue weighted by Crippen LogP contribution is 2.13. The first-order valence-corrected chi connectivity index (χ1v) is 3.40. The van der Waals surface area contributed by atoms with Crippen LogP contribution in [0.4, 0.5) is 0 Å².